The largest absolute Gasteiger partial charge is 0.383 e. The van der Waals surface area contributed by atoms with E-state index in [0.29, 0.717) is 11.4 Å². The number of aliphatic hydroxyl groups is 1. The van der Waals surface area contributed by atoms with E-state index in [1.807, 2.05) is 0 Å². The van der Waals surface area contributed by atoms with Crippen LogP contribution in [0.3, 0.4) is 0 Å². The van der Waals surface area contributed by atoms with Crippen LogP contribution in [-0.2, 0) is 20.1 Å². The number of piperazine rings is 1. The van der Waals surface area contributed by atoms with Gasteiger partial charge in [-0.05, 0) is 37.6 Å². The molecule has 176 valence electrons. The van der Waals surface area contributed by atoms with Gasteiger partial charge in [-0.15, -0.1) is 0 Å². The van der Waals surface area contributed by atoms with Crippen molar-refractivity contribution in [2.45, 2.75) is 39.5 Å². The predicted octanol–water partition coefficient (Wildman–Crippen LogP) is 1.61. The average molecular weight is 458 g/mol. The van der Waals surface area contributed by atoms with Gasteiger partial charge in [0.25, 0.3) is 0 Å². The molecule has 0 aliphatic carbocycles. The number of amides is 3. The minimum Gasteiger partial charge on any atom is -0.383 e. The number of nitrogens with one attached hydrogen (secondary N) is 1. The summed E-state index contributed by atoms with van der Waals surface area (Å²) in [4.78, 5) is 45.2. The highest BCUT2D eigenvalue weighted by Crippen LogP contribution is 2.33. The minimum atomic E-state index is -2.03. The van der Waals surface area contributed by atoms with E-state index in [1.54, 1.807) is 33.8 Å². The molecule has 1 saturated heterocycles. The van der Waals surface area contributed by atoms with Gasteiger partial charge in [0.15, 0.2) is 5.72 Å². The van der Waals surface area contributed by atoms with E-state index in [1.165, 1.54) is 23.2 Å². The fraction of sp³-hybridized carbons (Fsp3) is 0.391. The van der Waals surface area contributed by atoms with Crippen molar-refractivity contribution < 1.29 is 23.9 Å². The fourth-order valence-electron chi connectivity index (χ4n) is 3.79. The molecule has 1 aromatic carbocycles. The van der Waals surface area contributed by atoms with Crippen molar-refractivity contribution in [3.8, 4) is 0 Å². The van der Waals surface area contributed by atoms with E-state index >= 15 is 0 Å². The number of nitrogen functional groups attached to an aromatic ring is 1. The van der Waals surface area contributed by atoms with Crippen LogP contribution in [0.4, 0.5) is 15.9 Å². The zero-order valence-electron chi connectivity index (χ0n) is 19.0. The lowest BCUT2D eigenvalue weighted by atomic mass is 9.94. The summed E-state index contributed by atoms with van der Waals surface area (Å²) in [5.74, 6) is -2.76. The van der Waals surface area contributed by atoms with Crippen molar-refractivity contribution in [2.75, 3.05) is 24.1 Å². The molecule has 1 fully saturated rings. The third kappa shape index (κ3) is 4.80. The zero-order valence-corrected chi connectivity index (χ0v) is 19.0. The van der Waals surface area contributed by atoms with Gasteiger partial charge in [-0.3, -0.25) is 19.3 Å². The molecular weight excluding hydrogens is 429 g/mol. The summed E-state index contributed by atoms with van der Waals surface area (Å²) in [5, 5.41) is 14.1. The highest BCUT2D eigenvalue weighted by molar-refractivity contribution is 6.39. The topological polar surface area (TPSA) is 129 Å². The summed E-state index contributed by atoms with van der Waals surface area (Å²) in [6, 6.07) is 6.06. The molecule has 4 N–H and O–H groups in total. The van der Waals surface area contributed by atoms with Crippen LogP contribution in [0.15, 0.2) is 36.5 Å². The van der Waals surface area contributed by atoms with Gasteiger partial charge in [0.2, 0.25) is 5.91 Å². The Morgan fingerprint density at radius 3 is 2.48 bits per heavy atom. The number of hydrogen-bond donors (Lipinski definition) is 3. The highest BCUT2D eigenvalue weighted by atomic mass is 19.1. The van der Waals surface area contributed by atoms with Crippen molar-refractivity contribution in [2.24, 2.45) is 5.92 Å². The quantitative estimate of drug-likeness (QED) is 0.601. The number of nitrogens with two attached hydrogens (primary N) is 1. The van der Waals surface area contributed by atoms with Gasteiger partial charge in [0, 0.05) is 24.1 Å². The molecule has 0 unspecified atom stereocenters. The van der Waals surface area contributed by atoms with Crippen molar-refractivity contribution >= 4 is 29.2 Å². The third-order valence-corrected chi connectivity index (χ3v) is 5.72. The van der Waals surface area contributed by atoms with E-state index in [2.05, 4.69) is 10.3 Å². The van der Waals surface area contributed by atoms with Crippen LogP contribution < -0.4 is 11.1 Å². The molecule has 0 bridgehead atoms. The van der Waals surface area contributed by atoms with Gasteiger partial charge in [-0.1, -0.05) is 26.0 Å². The van der Waals surface area contributed by atoms with Crippen LogP contribution in [0.1, 0.15) is 31.9 Å². The number of rotatable bonds is 3. The standard InChI is InChI=1S/C23H28FN5O4/c1-13(2)21(31)28-12-23(33,16-5-7-17(24)8-6-16)29(11-15(28)4)22(32)20(30)27-18-9-14(3)19(25)26-10-18/h5-10,13,15,33H,11-12H2,1-4H3,(H2,25,26)(H,27,30)/t15-,23-/m1/s1. The van der Waals surface area contributed by atoms with Gasteiger partial charge in [-0.25, -0.2) is 9.37 Å². The SMILES string of the molecule is Cc1cc(NC(=O)C(=O)N2C[C@@H](C)N(C(=O)C(C)C)C[C@@]2(O)c2ccc(F)cc2)cnc1N. The molecule has 33 heavy (non-hydrogen) atoms. The Morgan fingerprint density at radius 1 is 1.27 bits per heavy atom. The van der Waals surface area contributed by atoms with Crippen LogP contribution in [-0.4, -0.2) is 56.7 Å². The normalized spacial score (nSPS) is 20.6. The lowest BCUT2D eigenvalue weighted by molar-refractivity contribution is -0.193. The summed E-state index contributed by atoms with van der Waals surface area (Å²) in [7, 11) is 0. The minimum absolute atomic E-state index is 0.0996. The number of carbonyl (C=O) groups is 3. The molecule has 9 nitrogen and oxygen atoms in total. The maximum atomic E-state index is 13.5. The summed E-state index contributed by atoms with van der Waals surface area (Å²) in [5.41, 5.74) is 4.73. The molecule has 10 heteroatoms. The Bertz CT molecular complexity index is 1080. The number of hydrogen-bond acceptors (Lipinski definition) is 6. The van der Waals surface area contributed by atoms with Crippen LogP contribution in [0.2, 0.25) is 0 Å². The van der Waals surface area contributed by atoms with Crippen LogP contribution in [0.25, 0.3) is 0 Å². The molecule has 1 aliphatic heterocycles. The van der Waals surface area contributed by atoms with Gasteiger partial charge >= 0.3 is 11.8 Å². The van der Waals surface area contributed by atoms with Crippen LogP contribution in [0.5, 0.6) is 0 Å². The predicted molar refractivity (Wildman–Crippen MR) is 120 cm³/mol. The number of aromatic nitrogens is 1. The molecule has 0 radical (unpaired) electrons. The molecule has 2 heterocycles. The molecule has 2 aromatic rings. The number of nitrogens with zero attached hydrogens (tertiary/aromatic N) is 3. The van der Waals surface area contributed by atoms with Crippen LogP contribution in [0, 0.1) is 18.7 Å². The Balaban J connectivity index is 1.95. The first kappa shape index (κ1) is 24.1. The number of halogens is 1. The Kier molecular flexibility index (Phi) is 6.68. The Labute approximate surface area is 191 Å². The number of β-amino-alcohol motifs (C(OH)–C–C–N with tert-alkyl or cyclic N) is 1. The second-order valence-corrected chi connectivity index (χ2v) is 8.59. The summed E-state index contributed by atoms with van der Waals surface area (Å²) >= 11 is 0. The molecule has 1 aromatic heterocycles. The number of carbonyl (C=O) groups excluding carboxylic acids is 3. The first-order chi connectivity index (χ1) is 15.4. The first-order valence-corrected chi connectivity index (χ1v) is 10.6. The van der Waals surface area contributed by atoms with Gasteiger partial charge in [-0.2, -0.15) is 0 Å². The number of benzene rings is 1. The maximum Gasteiger partial charge on any atom is 0.314 e. The first-order valence-electron chi connectivity index (χ1n) is 10.6. The van der Waals surface area contributed by atoms with Crippen molar-refractivity contribution in [1.82, 2.24) is 14.8 Å². The zero-order chi connectivity index (χ0) is 24.5. The fourth-order valence-corrected chi connectivity index (χ4v) is 3.79. The smallest absolute Gasteiger partial charge is 0.314 e. The average Bonchev–Trinajstić information content (AvgIpc) is 2.77. The van der Waals surface area contributed by atoms with Crippen molar-refractivity contribution in [3.05, 3.63) is 53.5 Å². The lowest BCUT2D eigenvalue weighted by Gasteiger charge is -2.50. The molecule has 0 spiro atoms. The second-order valence-electron chi connectivity index (χ2n) is 8.59. The van der Waals surface area contributed by atoms with E-state index in [4.69, 9.17) is 5.73 Å². The van der Waals surface area contributed by atoms with Crippen LogP contribution >= 0.6 is 0 Å². The van der Waals surface area contributed by atoms with Gasteiger partial charge in [0.05, 0.1) is 18.4 Å². The van der Waals surface area contributed by atoms with E-state index in [9.17, 15) is 23.9 Å². The number of anilines is 2. The summed E-state index contributed by atoms with van der Waals surface area (Å²) in [6.45, 7) is 6.55. The Morgan fingerprint density at radius 2 is 1.91 bits per heavy atom. The highest BCUT2D eigenvalue weighted by Gasteiger charge is 2.49. The lowest BCUT2D eigenvalue weighted by Crippen LogP contribution is -2.67. The van der Waals surface area contributed by atoms with Gasteiger partial charge in [0.1, 0.15) is 11.6 Å². The van der Waals surface area contributed by atoms with Crippen molar-refractivity contribution in [3.63, 3.8) is 0 Å². The van der Waals surface area contributed by atoms with Gasteiger partial charge < -0.3 is 21.1 Å². The van der Waals surface area contributed by atoms with E-state index in [-0.39, 0.29) is 36.2 Å². The molecule has 3 rings (SSSR count). The maximum absolute atomic E-state index is 13.5. The molecule has 2 atom stereocenters. The second kappa shape index (κ2) is 9.14. The molecule has 3 amide bonds. The summed E-state index contributed by atoms with van der Waals surface area (Å²) < 4.78 is 13.5. The molecule has 1 aliphatic rings. The van der Waals surface area contributed by atoms with E-state index < -0.39 is 29.4 Å². The van der Waals surface area contributed by atoms with Crippen molar-refractivity contribution in [1.29, 1.82) is 0 Å². The Hall–Kier alpha value is -3.53. The molecular formula is C23H28FN5O4. The van der Waals surface area contributed by atoms with E-state index in [0.717, 1.165) is 17.0 Å². The third-order valence-electron chi connectivity index (χ3n) is 5.72. The monoisotopic (exact) mass is 457 g/mol. The summed E-state index contributed by atoms with van der Waals surface area (Å²) in [6.07, 6.45) is 1.32. The number of aryl methyl sites for hydroxylation is 1. The molecule has 0 saturated carbocycles. The number of pyridine rings is 1.